The van der Waals surface area contributed by atoms with E-state index in [0.717, 1.165) is 16.6 Å². The Balaban J connectivity index is 1.89. The van der Waals surface area contributed by atoms with Gasteiger partial charge in [-0.05, 0) is 55.8 Å². The van der Waals surface area contributed by atoms with Crippen LogP contribution in [-0.4, -0.2) is 13.6 Å². The van der Waals surface area contributed by atoms with Gasteiger partial charge in [0.15, 0.2) is 0 Å². The second kappa shape index (κ2) is 6.10. The van der Waals surface area contributed by atoms with E-state index in [2.05, 4.69) is 5.32 Å². The SMILES string of the molecule is CNCC1(c2c(Cl)cccc2Cl)CC2(CCCCCC2)C1. The van der Waals surface area contributed by atoms with Gasteiger partial charge in [-0.3, -0.25) is 0 Å². The highest BCUT2D eigenvalue weighted by Crippen LogP contribution is 2.62. The molecule has 0 aliphatic heterocycles. The molecule has 2 aliphatic rings. The Bertz CT molecular complexity index is 476. The molecular formula is C18H25Cl2N. The van der Waals surface area contributed by atoms with Gasteiger partial charge in [0.2, 0.25) is 0 Å². The molecule has 0 amide bonds. The lowest BCUT2D eigenvalue weighted by molar-refractivity contribution is 0.00734. The van der Waals surface area contributed by atoms with Crippen LogP contribution >= 0.6 is 23.2 Å². The van der Waals surface area contributed by atoms with E-state index in [4.69, 9.17) is 23.2 Å². The summed E-state index contributed by atoms with van der Waals surface area (Å²) in [6, 6.07) is 5.91. The van der Waals surface area contributed by atoms with E-state index < -0.39 is 0 Å². The lowest BCUT2D eigenvalue weighted by Crippen LogP contribution is -2.54. The van der Waals surface area contributed by atoms with Crippen molar-refractivity contribution < 1.29 is 0 Å². The molecule has 1 N–H and O–H groups in total. The number of benzene rings is 1. The standard InChI is InChI=1S/C18H25Cl2N/c1-21-13-18(16-14(19)7-6-8-15(16)20)11-17(12-18)9-4-2-3-5-10-17/h6-8,21H,2-5,9-13H2,1H3. The highest BCUT2D eigenvalue weighted by molar-refractivity contribution is 6.36. The van der Waals surface area contributed by atoms with Gasteiger partial charge in [-0.25, -0.2) is 0 Å². The molecule has 116 valence electrons. The molecule has 21 heavy (non-hydrogen) atoms. The second-order valence-corrected chi connectivity index (χ2v) is 7.99. The molecular weight excluding hydrogens is 301 g/mol. The zero-order valence-corrected chi connectivity index (χ0v) is 14.4. The highest BCUT2D eigenvalue weighted by Gasteiger charge is 2.55. The van der Waals surface area contributed by atoms with E-state index in [9.17, 15) is 0 Å². The largest absolute Gasteiger partial charge is 0.319 e. The zero-order valence-electron chi connectivity index (χ0n) is 12.9. The van der Waals surface area contributed by atoms with Gasteiger partial charge in [-0.2, -0.15) is 0 Å². The number of halogens is 2. The molecule has 0 aromatic heterocycles. The van der Waals surface area contributed by atoms with Crippen LogP contribution in [-0.2, 0) is 5.41 Å². The smallest absolute Gasteiger partial charge is 0.0459 e. The third-order valence-electron chi connectivity index (χ3n) is 5.60. The summed E-state index contributed by atoms with van der Waals surface area (Å²) in [6.45, 7) is 0.970. The van der Waals surface area contributed by atoms with E-state index in [0.29, 0.717) is 5.41 Å². The molecule has 0 heterocycles. The second-order valence-electron chi connectivity index (χ2n) is 7.18. The fraction of sp³-hybridized carbons (Fsp3) is 0.667. The van der Waals surface area contributed by atoms with Crippen LogP contribution in [0.2, 0.25) is 10.0 Å². The quantitative estimate of drug-likeness (QED) is 0.764. The Hall–Kier alpha value is -0.240. The van der Waals surface area contributed by atoms with E-state index in [1.165, 1.54) is 56.9 Å². The van der Waals surface area contributed by atoms with Crippen molar-refractivity contribution in [3.05, 3.63) is 33.8 Å². The van der Waals surface area contributed by atoms with Gasteiger partial charge in [-0.1, -0.05) is 55.0 Å². The van der Waals surface area contributed by atoms with E-state index >= 15 is 0 Å². The van der Waals surface area contributed by atoms with Crippen LogP contribution in [0.5, 0.6) is 0 Å². The topological polar surface area (TPSA) is 12.0 Å². The van der Waals surface area contributed by atoms with Gasteiger partial charge in [0, 0.05) is 22.0 Å². The summed E-state index contributed by atoms with van der Waals surface area (Å²) in [5.41, 5.74) is 1.86. The average molecular weight is 326 g/mol. The average Bonchev–Trinajstić information content (AvgIpc) is 2.64. The third kappa shape index (κ3) is 2.85. The first-order valence-electron chi connectivity index (χ1n) is 8.20. The fourth-order valence-corrected chi connectivity index (χ4v) is 5.75. The molecule has 0 atom stereocenters. The molecule has 2 fully saturated rings. The van der Waals surface area contributed by atoms with Crippen LogP contribution in [0.4, 0.5) is 0 Å². The summed E-state index contributed by atoms with van der Waals surface area (Å²) in [7, 11) is 2.03. The first-order valence-corrected chi connectivity index (χ1v) is 8.96. The Kier molecular flexibility index (Phi) is 4.55. The molecule has 1 nitrogen and oxygen atoms in total. The minimum absolute atomic E-state index is 0.133. The highest BCUT2D eigenvalue weighted by atomic mass is 35.5. The summed E-state index contributed by atoms with van der Waals surface area (Å²) >= 11 is 13.0. The van der Waals surface area contributed by atoms with Gasteiger partial charge < -0.3 is 5.32 Å². The lowest BCUT2D eigenvalue weighted by Gasteiger charge is -2.57. The monoisotopic (exact) mass is 325 g/mol. The number of hydrogen-bond donors (Lipinski definition) is 1. The van der Waals surface area contributed by atoms with E-state index in [-0.39, 0.29) is 5.41 Å². The van der Waals surface area contributed by atoms with Crippen molar-refractivity contribution in [2.24, 2.45) is 5.41 Å². The summed E-state index contributed by atoms with van der Waals surface area (Å²) in [6.07, 6.45) is 10.9. The molecule has 0 unspecified atom stereocenters. The summed E-state index contributed by atoms with van der Waals surface area (Å²) < 4.78 is 0. The summed E-state index contributed by atoms with van der Waals surface area (Å²) in [5.74, 6) is 0. The first-order chi connectivity index (χ1) is 10.1. The van der Waals surface area contributed by atoms with Gasteiger partial charge in [0.05, 0.1) is 0 Å². The van der Waals surface area contributed by atoms with Crippen LogP contribution in [0.15, 0.2) is 18.2 Å². The minimum Gasteiger partial charge on any atom is -0.319 e. The number of likely N-dealkylation sites (N-methyl/N-ethyl adjacent to an activating group) is 1. The third-order valence-corrected chi connectivity index (χ3v) is 6.23. The van der Waals surface area contributed by atoms with Crippen molar-refractivity contribution in [1.29, 1.82) is 0 Å². The van der Waals surface area contributed by atoms with Crippen molar-refractivity contribution in [2.75, 3.05) is 13.6 Å². The zero-order chi connectivity index (χ0) is 14.9. The first kappa shape index (κ1) is 15.6. The Morgan fingerprint density at radius 2 is 1.57 bits per heavy atom. The maximum atomic E-state index is 6.51. The molecule has 1 aromatic carbocycles. The maximum absolute atomic E-state index is 6.51. The number of nitrogens with one attached hydrogen (secondary N) is 1. The van der Waals surface area contributed by atoms with Crippen LogP contribution in [0.25, 0.3) is 0 Å². The van der Waals surface area contributed by atoms with E-state index in [1.807, 2.05) is 25.2 Å². The lowest BCUT2D eigenvalue weighted by atomic mass is 9.48. The van der Waals surface area contributed by atoms with Gasteiger partial charge >= 0.3 is 0 Å². The van der Waals surface area contributed by atoms with Crippen LogP contribution in [0.1, 0.15) is 56.9 Å². The van der Waals surface area contributed by atoms with Gasteiger partial charge in [0.25, 0.3) is 0 Å². The number of hydrogen-bond acceptors (Lipinski definition) is 1. The number of rotatable bonds is 3. The Labute approximate surface area is 138 Å². The van der Waals surface area contributed by atoms with Crippen molar-refractivity contribution in [3.63, 3.8) is 0 Å². The Morgan fingerprint density at radius 1 is 1.00 bits per heavy atom. The molecule has 3 rings (SSSR count). The molecule has 0 saturated heterocycles. The van der Waals surface area contributed by atoms with E-state index in [1.54, 1.807) is 0 Å². The Morgan fingerprint density at radius 3 is 2.10 bits per heavy atom. The molecule has 1 spiro atoms. The van der Waals surface area contributed by atoms with Crippen LogP contribution < -0.4 is 5.32 Å². The summed E-state index contributed by atoms with van der Waals surface area (Å²) in [4.78, 5) is 0. The van der Waals surface area contributed by atoms with Crippen molar-refractivity contribution in [3.8, 4) is 0 Å². The molecule has 2 saturated carbocycles. The molecule has 3 heteroatoms. The maximum Gasteiger partial charge on any atom is 0.0459 e. The molecule has 1 aromatic rings. The fourth-order valence-electron chi connectivity index (χ4n) is 4.95. The summed E-state index contributed by atoms with van der Waals surface area (Å²) in [5, 5.41) is 5.05. The van der Waals surface area contributed by atoms with Crippen molar-refractivity contribution in [2.45, 2.75) is 56.8 Å². The van der Waals surface area contributed by atoms with Crippen LogP contribution in [0.3, 0.4) is 0 Å². The molecule has 0 radical (unpaired) electrons. The van der Waals surface area contributed by atoms with Gasteiger partial charge in [0.1, 0.15) is 0 Å². The predicted octanol–water partition coefficient (Wildman–Crippen LogP) is 5.59. The van der Waals surface area contributed by atoms with Crippen molar-refractivity contribution in [1.82, 2.24) is 5.32 Å². The van der Waals surface area contributed by atoms with Crippen LogP contribution in [0, 0.1) is 5.41 Å². The molecule has 0 bridgehead atoms. The molecule has 2 aliphatic carbocycles. The minimum atomic E-state index is 0.133. The predicted molar refractivity (Wildman–Crippen MR) is 91.4 cm³/mol. The van der Waals surface area contributed by atoms with Crippen molar-refractivity contribution >= 4 is 23.2 Å². The van der Waals surface area contributed by atoms with Gasteiger partial charge in [-0.15, -0.1) is 0 Å². The normalized spacial score (nSPS) is 23.6.